The van der Waals surface area contributed by atoms with Crippen LogP contribution in [0.5, 0.6) is 0 Å². The second kappa shape index (κ2) is 5.15. The molecule has 5 aliphatic rings. The van der Waals surface area contributed by atoms with Gasteiger partial charge in [0.1, 0.15) is 0 Å². The molecule has 0 bridgehead atoms. The Hall–Kier alpha value is 1.36. The predicted molar refractivity (Wildman–Crippen MR) is 131 cm³/mol. The average molecular weight is 436 g/mol. The molecule has 1 aliphatic carbocycles. The summed E-state index contributed by atoms with van der Waals surface area (Å²) >= 11 is 4.52. The van der Waals surface area contributed by atoms with Gasteiger partial charge in [-0.25, -0.2) is 16.4 Å². The highest BCUT2D eigenvalue weighted by molar-refractivity contribution is 9.32. The van der Waals surface area contributed by atoms with E-state index in [1.54, 1.807) is 17.3 Å². The summed E-state index contributed by atoms with van der Waals surface area (Å²) in [6.45, 7) is 12.9. The molecular weight excluding hydrogens is 395 g/mol. The van der Waals surface area contributed by atoms with Gasteiger partial charge in [0.25, 0.3) is 0 Å². The van der Waals surface area contributed by atoms with Crippen LogP contribution in [-0.4, -0.2) is 48.9 Å². The van der Waals surface area contributed by atoms with Crippen molar-refractivity contribution in [2.24, 2.45) is 23.5 Å². The molecule has 4 aliphatic heterocycles. The van der Waals surface area contributed by atoms with Gasteiger partial charge in [-0.2, -0.15) is 0 Å². The summed E-state index contributed by atoms with van der Waals surface area (Å²) in [5, 5.41) is 5.56. The first kappa shape index (κ1) is 19.3. The monoisotopic (exact) mass is 435 g/mol. The third-order valence-corrected chi connectivity index (χ3v) is 39.8. The Morgan fingerprint density at radius 2 is 1.85 bits per heavy atom. The molecule has 1 saturated carbocycles. The summed E-state index contributed by atoms with van der Waals surface area (Å²) in [7, 11) is -0.671. The van der Waals surface area contributed by atoms with E-state index in [9.17, 15) is 0 Å². The molecule has 5 rings (SSSR count). The number of rotatable bonds is 6. The van der Waals surface area contributed by atoms with E-state index in [4.69, 9.17) is 5.73 Å². The van der Waals surface area contributed by atoms with E-state index in [1.165, 1.54) is 25.7 Å². The van der Waals surface area contributed by atoms with E-state index in [0.717, 1.165) is 44.0 Å². The maximum absolute atomic E-state index is 7.27. The van der Waals surface area contributed by atoms with Crippen molar-refractivity contribution in [1.29, 1.82) is 0 Å². The van der Waals surface area contributed by atoms with E-state index < -0.39 is 16.4 Å². The Morgan fingerprint density at radius 3 is 2.31 bits per heavy atom. The van der Waals surface area contributed by atoms with Gasteiger partial charge in [0, 0.05) is 21.1 Å². The van der Waals surface area contributed by atoms with Gasteiger partial charge in [-0.15, -0.1) is 11.7 Å². The topological polar surface area (TPSA) is 26.0 Å². The zero-order chi connectivity index (χ0) is 18.8. The molecule has 2 N–H and O–H groups in total. The van der Waals surface area contributed by atoms with Gasteiger partial charge >= 0.3 is 0 Å². The van der Waals surface area contributed by atoms with Crippen molar-refractivity contribution in [3.63, 3.8) is 0 Å². The summed E-state index contributed by atoms with van der Waals surface area (Å²) < 4.78 is 0. The van der Waals surface area contributed by atoms with Gasteiger partial charge in [-0.3, -0.25) is 0 Å². The summed E-state index contributed by atoms with van der Waals surface area (Å²) in [5.41, 5.74) is 7.27. The zero-order valence-corrected chi connectivity index (χ0v) is 20.7. The largest absolute Gasteiger partial charge is 0.320 e. The minimum Gasteiger partial charge on any atom is -0.320 e. The maximum Gasteiger partial charge on any atom is 0.0410 e. The van der Waals surface area contributed by atoms with Crippen LogP contribution in [0.1, 0.15) is 60.3 Å². The highest BCUT2D eigenvalue weighted by Crippen LogP contribution is 3.40. The van der Waals surface area contributed by atoms with Gasteiger partial charge in [-0.1, -0.05) is 51.8 Å². The number of thiol groups is 1. The lowest BCUT2D eigenvalue weighted by atomic mass is 9.96. The fraction of sp³-hybridized carbons (Fsp3) is 1.00. The Bertz CT molecular complexity index is 658. The van der Waals surface area contributed by atoms with Crippen LogP contribution in [0.25, 0.3) is 0 Å². The minimum absolute atomic E-state index is 0.487. The minimum atomic E-state index is -2.01. The van der Waals surface area contributed by atoms with Crippen molar-refractivity contribution < 1.29 is 0 Å². The molecule has 0 aromatic carbocycles. The van der Waals surface area contributed by atoms with Crippen LogP contribution in [-0.2, 0) is 0 Å². The first-order valence-electron chi connectivity index (χ1n) is 11.1. The third kappa shape index (κ3) is 1.41. The Labute approximate surface area is 170 Å². The van der Waals surface area contributed by atoms with E-state index in [0.29, 0.717) is 5.37 Å². The zero-order valence-electron chi connectivity index (χ0n) is 17.4. The molecule has 0 amide bonds. The SMILES string of the molecule is CCCC1C2CS3(CC(C)C(C)C3C)S123(CCC1CC1SS)C(C)C3N. The van der Waals surface area contributed by atoms with Gasteiger partial charge in [0.15, 0.2) is 0 Å². The second-order valence-corrected chi connectivity index (χ2v) is 27.4. The average Bonchev–Trinajstić information content (AvgIpc) is 3.52. The van der Waals surface area contributed by atoms with Crippen molar-refractivity contribution in [2.75, 3.05) is 17.3 Å². The Balaban J connectivity index is 1.59. The predicted octanol–water partition coefficient (Wildman–Crippen LogP) is 5.86. The number of hydrogen-bond donors (Lipinski definition) is 2. The fourth-order valence-corrected chi connectivity index (χ4v) is 46.5. The van der Waals surface area contributed by atoms with Gasteiger partial charge in [0.05, 0.1) is 0 Å². The van der Waals surface area contributed by atoms with E-state index in [1.807, 2.05) is 10.8 Å². The molecule has 10 atom stereocenters. The Morgan fingerprint density at radius 1 is 1.15 bits per heavy atom. The van der Waals surface area contributed by atoms with Crippen LogP contribution >= 0.6 is 38.8 Å². The number of hydrogen-bond acceptors (Lipinski definition) is 3. The molecule has 5 fully saturated rings. The summed E-state index contributed by atoms with van der Waals surface area (Å²) in [4.78, 5) is 0. The van der Waals surface area contributed by atoms with Crippen molar-refractivity contribution in [1.82, 2.24) is 0 Å². The number of nitrogens with two attached hydrogens (primary N) is 1. The van der Waals surface area contributed by atoms with Gasteiger partial charge in [-0.05, 0) is 64.8 Å². The first-order chi connectivity index (χ1) is 12.3. The van der Waals surface area contributed by atoms with Crippen LogP contribution in [0.15, 0.2) is 0 Å². The smallest absolute Gasteiger partial charge is 0.0410 e. The van der Waals surface area contributed by atoms with Crippen LogP contribution in [0.2, 0.25) is 0 Å². The van der Waals surface area contributed by atoms with Gasteiger partial charge < -0.3 is 5.73 Å². The van der Waals surface area contributed by atoms with E-state index in [2.05, 4.69) is 46.3 Å². The van der Waals surface area contributed by atoms with Crippen LogP contribution < -0.4 is 5.73 Å². The molecule has 4 heterocycles. The van der Waals surface area contributed by atoms with E-state index in [-0.39, 0.29) is 0 Å². The molecule has 0 aromatic rings. The van der Waals surface area contributed by atoms with Crippen LogP contribution in [0.4, 0.5) is 0 Å². The molecule has 154 valence electrons. The highest BCUT2D eigenvalue weighted by Gasteiger charge is 3.10. The molecule has 4 saturated heterocycles. The quantitative estimate of drug-likeness (QED) is 0.310. The summed E-state index contributed by atoms with van der Waals surface area (Å²) in [5.74, 6) is 7.68. The lowest BCUT2D eigenvalue weighted by Gasteiger charge is -2.79. The maximum atomic E-state index is 7.27. The van der Waals surface area contributed by atoms with Crippen LogP contribution in [0.3, 0.4) is 0 Å². The van der Waals surface area contributed by atoms with Crippen molar-refractivity contribution in [2.45, 2.75) is 91.9 Å². The fourth-order valence-electron chi connectivity index (χ4n) is 9.44. The molecule has 1 nitrogen and oxygen atoms in total. The normalized spacial score (nSPS) is 64.2. The summed E-state index contributed by atoms with van der Waals surface area (Å²) in [6, 6.07) is 0. The molecule has 0 aromatic heterocycles. The lowest BCUT2D eigenvalue weighted by molar-refractivity contribution is 0.448. The Kier molecular flexibility index (Phi) is 3.83. The molecule has 5 heteroatoms. The van der Waals surface area contributed by atoms with Crippen LogP contribution in [0, 0.1) is 17.8 Å². The second-order valence-electron chi connectivity index (χ2n) is 10.9. The first-order valence-corrected chi connectivity index (χ1v) is 18.4. The highest BCUT2D eigenvalue weighted by atomic mass is 33.3. The lowest BCUT2D eigenvalue weighted by Crippen LogP contribution is -2.44. The van der Waals surface area contributed by atoms with E-state index >= 15 is 0 Å². The molecular formula is C21H41NS4. The standard InChI is InChI=1S/C21H41NS4/c1-6-7-19-20-12-25(11-13(2)14(3)15(25)4)26(19,20,16(5)21(26)22)9-8-17-10-18(17)24-23/h13-21,23H,6-12,22H2,1-5H3. The van der Waals surface area contributed by atoms with Crippen molar-refractivity contribution in [3.8, 4) is 0 Å². The molecule has 26 heavy (non-hydrogen) atoms. The molecule has 2 spiro atoms. The van der Waals surface area contributed by atoms with Crippen molar-refractivity contribution in [3.05, 3.63) is 0 Å². The molecule has 10 unspecified atom stereocenters. The molecule has 0 radical (unpaired) electrons. The van der Waals surface area contributed by atoms with Crippen molar-refractivity contribution >= 4 is 38.8 Å². The summed E-state index contributed by atoms with van der Waals surface area (Å²) in [6.07, 6.45) is 5.82. The third-order valence-electron chi connectivity index (χ3n) is 11.2. The van der Waals surface area contributed by atoms with Gasteiger partial charge in [0.2, 0.25) is 0 Å².